The maximum Gasteiger partial charge on any atom is 0.347 e. The van der Waals surface area contributed by atoms with E-state index in [2.05, 4.69) is 4.98 Å². The van der Waals surface area contributed by atoms with Gasteiger partial charge in [0.05, 0.1) is 0 Å². The van der Waals surface area contributed by atoms with Crippen LogP contribution in [0.3, 0.4) is 0 Å². The zero-order chi connectivity index (χ0) is 16.2. The first-order chi connectivity index (χ1) is 11.1. The molecule has 116 valence electrons. The normalized spacial score (nSPS) is 10.5. The molecule has 0 unspecified atom stereocenters. The second-order valence-corrected chi connectivity index (χ2v) is 6.07. The number of hydrogen-bond donors (Lipinski definition) is 1. The van der Waals surface area contributed by atoms with Crippen molar-refractivity contribution in [2.24, 2.45) is 0 Å². The summed E-state index contributed by atoms with van der Waals surface area (Å²) in [6.45, 7) is 2.13. The maximum absolute atomic E-state index is 11.4. The van der Waals surface area contributed by atoms with Crippen molar-refractivity contribution < 1.29 is 14.6 Å². The first-order valence-electron chi connectivity index (χ1n) is 7.11. The highest BCUT2D eigenvalue weighted by molar-refractivity contribution is 7.17. The van der Waals surface area contributed by atoms with Crippen LogP contribution in [0.25, 0.3) is 10.6 Å². The Bertz CT molecular complexity index is 810. The average Bonchev–Trinajstić information content (AvgIpc) is 3.00. The van der Waals surface area contributed by atoms with Crippen LogP contribution < -0.4 is 4.74 Å². The van der Waals surface area contributed by atoms with Gasteiger partial charge in [-0.05, 0) is 19.1 Å². The van der Waals surface area contributed by atoms with Crippen molar-refractivity contribution in [2.45, 2.75) is 13.5 Å². The lowest BCUT2D eigenvalue weighted by Gasteiger charge is -2.05. The summed E-state index contributed by atoms with van der Waals surface area (Å²) in [4.78, 5) is 16.1. The number of aryl methyl sites for hydroxylation is 1. The highest BCUT2D eigenvalue weighted by atomic mass is 32.1. The minimum Gasteiger partial charge on any atom is -0.487 e. The van der Waals surface area contributed by atoms with E-state index >= 15 is 0 Å². The summed E-state index contributed by atoms with van der Waals surface area (Å²) in [6, 6.07) is 17.2. The van der Waals surface area contributed by atoms with Crippen molar-refractivity contribution >= 4 is 17.3 Å². The maximum atomic E-state index is 11.4. The summed E-state index contributed by atoms with van der Waals surface area (Å²) >= 11 is 1.17. The summed E-state index contributed by atoms with van der Waals surface area (Å²) in [5.41, 5.74) is 2.49. The Morgan fingerprint density at radius 2 is 1.83 bits per heavy atom. The van der Waals surface area contributed by atoms with Crippen LogP contribution in [0, 0.1) is 6.92 Å². The lowest BCUT2D eigenvalue weighted by molar-refractivity contribution is 0.0699. The molecule has 1 aromatic heterocycles. The van der Waals surface area contributed by atoms with Gasteiger partial charge in [-0.2, -0.15) is 0 Å². The number of carbonyl (C=O) groups is 1. The lowest BCUT2D eigenvalue weighted by atomic mass is 10.2. The second-order valence-electron chi connectivity index (χ2n) is 5.07. The highest BCUT2D eigenvalue weighted by Crippen LogP contribution is 2.29. The molecule has 0 radical (unpaired) electrons. The molecule has 5 heteroatoms. The van der Waals surface area contributed by atoms with Gasteiger partial charge in [0, 0.05) is 5.56 Å². The number of aromatic nitrogens is 1. The van der Waals surface area contributed by atoms with E-state index in [1.807, 2.05) is 61.5 Å². The van der Waals surface area contributed by atoms with Gasteiger partial charge in [0.2, 0.25) is 0 Å². The van der Waals surface area contributed by atoms with Crippen LogP contribution >= 0.6 is 11.3 Å². The van der Waals surface area contributed by atoms with Gasteiger partial charge in [0.1, 0.15) is 27.9 Å². The van der Waals surface area contributed by atoms with Crippen LogP contribution in [0.1, 0.15) is 20.9 Å². The van der Waals surface area contributed by atoms with E-state index in [4.69, 9.17) is 4.74 Å². The smallest absolute Gasteiger partial charge is 0.347 e. The van der Waals surface area contributed by atoms with E-state index in [1.54, 1.807) is 0 Å². The van der Waals surface area contributed by atoms with Gasteiger partial charge in [0.15, 0.2) is 0 Å². The fourth-order valence-corrected chi connectivity index (χ4v) is 3.02. The number of rotatable bonds is 5. The van der Waals surface area contributed by atoms with Gasteiger partial charge < -0.3 is 9.84 Å². The second kappa shape index (κ2) is 6.62. The van der Waals surface area contributed by atoms with E-state index in [1.165, 1.54) is 11.3 Å². The quantitative estimate of drug-likeness (QED) is 0.755. The Balaban J connectivity index is 1.84. The number of ether oxygens (including phenoxy) is 1. The van der Waals surface area contributed by atoms with Crippen LogP contribution in [0.15, 0.2) is 54.6 Å². The van der Waals surface area contributed by atoms with Crippen LogP contribution in [-0.4, -0.2) is 16.1 Å². The number of nitrogens with zero attached hydrogens (tertiary/aromatic N) is 1. The fraction of sp³-hybridized carbons (Fsp3) is 0.111. The van der Waals surface area contributed by atoms with Gasteiger partial charge in [-0.15, -0.1) is 11.3 Å². The van der Waals surface area contributed by atoms with Gasteiger partial charge in [-0.1, -0.05) is 48.0 Å². The average molecular weight is 325 g/mol. The zero-order valence-electron chi connectivity index (χ0n) is 12.5. The van der Waals surface area contributed by atoms with Crippen molar-refractivity contribution in [2.75, 3.05) is 0 Å². The molecule has 1 N–H and O–H groups in total. The van der Waals surface area contributed by atoms with Crippen molar-refractivity contribution in [3.8, 4) is 16.3 Å². The molecular formula is C18H15NO3S. The van der Waals surface area contributed by atoms with Crippen LogP contribution in [-0.2, 0) is 6.61 Å². The predicted molar refractivity (Wildman–Crippen MR) is 90.0 cm³/mol. The van der Waals surface area contributed by atoms with Crippen molar-refractivity contribution in [1.29, 1.82) is 0 Å². The molecule has 0 bridgehead atoms. The van der Waals surface area contributed by atoms with E-state index in [0.29, 0.717) is 16.5 Å². The first kappa shape index (κ1) is 15.2. The molecule has 0 saturated heterocycles. The molecule has 3 aromatic rings. The van der Waals surface area contributed by atoms with Crippen LogP contribution in [0.4, 0.5) is 0 Å². The van der Waals surface area contributed by atoms with Gasteiger partial charge in [-0.3, -0.25) is 0 Å². The fourth-order valence-electron chi connectivity index (χ4n) is 2.11. The number of thiazole rings is 1. The number of carboxylic acids is 1. The molecular weight excluding hydrogens is 310 g/mol. The largest absolute Gasteiger partial charge is 0.487 e. The van der Waals surface area contributed by atoms with Gasteiger partial charge in [-0.25, -0.2) is 9.78 Å². The number of aromatic carboxylic acids is 1. The van der Waals surface area contributed by atoms with Crippen molar-refractivity contribution in [1.82, 2.24) is 4.98 Å². The van der Waals surface area contributed by atoms with Crippen LogP contribution in [0.5, 0.6) is 5.75 Å². The Hall–Kier alpha value is -2.66. The third-order valence-corrected chi connectivity index (χ3v) is 4.44. The number of benzene rings is 2. The molecule has 0 amide bonds. The minimum atomic E-state index is -0.979. The molecule has 2 aromatic carbocycles. The molecule has 0 aliphatic rings. The predicted octanol–water partition coefficient (Wildman–Crippen LogP) is 4.40. The van der Waals surface area contributed by atoms with Gasteiger partial charge >= 0.3 is 5.97 Å². The van der Waals surface area contributed by atoms with E-state index in [0.717, 1.165) is 11.1 Å². The molecule has 3 rings (SSSR count). The van der Waals surface area contributed by atoms with E-state index < -0.39 is 5.97 Å². The summed E-state index contributed by atoms with van der Waals surface area (Å²) in [6.07, 6.45) is 0. The standard InChI is InChI=1S/C18H15NO3S/c1-12-7-9-14(10-8-12)22-11-15-16(18(20)21)23-17(19-15)13-5-3-2-4-6-13/h2-10H,11H2,1H3,(H,20,21). The molecule has 0 aliphatic heterocycles. The molecule has 0 spiro atoms. The molecule has 1 heterocycles. The number of carboxylic acid groups (broad SMARTS) is 1. The van der Waals surface area contributed by atoms with E-state index in [-0.39, 0.29) is 11.5 Å². The third-order valence-electron chi connectivity index (χ3n) is 3.31. The molecule has 4 nitrogen and oxygen atoms in total. The Morgan fingerprint density at radius 1 is 1.13 bits per heavy atom. The summed E-state index contributed by atoms with van der Waals surface area (Å²) in [7, 11) is 0. The Morgan fingerprint density at radius 3 is 2.48 bits per heavy atom. The summed E-state index contributed by atoms with van der Waals surface area (Å²) in [5.74, 6) is -0.284. The minimum absolute atomic E-state index is 0.133. The lowest BCUT2D eigenvalue weighted by Crippen LogP contribution is -2.03. The van der Waals surface area contributed by atoms with Gasteiger partial charge in [0.25, 0.3) is 0 Å². The highest BCUT2D eigenvalue weighted by Gasteiger charge is 2.18. The Kier molecular flexibility index (Phi) is 4.39. The summed E-state index contributed by atoms with van der Waals surface area (Å²) < 4.78 is 5.67. The SMILES string of the molecule is Cc1ccc(OCc2nc(-c3ccccc3)sc2C(=O)O)cc1. The molecule has 0 fully saturated rings. The topological polar surface area (TPSA) is 59.4 Å². The monoisotopic (exact) mass is 325 g/mol. The molecule has 0 aliphatic carbocycles. The third kappa shape index (κ3) is 3.57. The van der Waals surface area contributed by atoms with Crippen LogP contribution in [0.2, 0.25) is 0 Å². The van der Waals surface area contributed by atoms with E-state index in [9.17, 15) is 9.90 Å². The molecule has 0 saturated carbocycles. The molecule has 23 heavy (non-hydrogen) atoms. The van der Waals surface area contributed by atoms with Crippen molar-refractivity contribution in [3.05, 3.63) is 70.7 Å². The van der Waals surface area contributed by atoms with Crippen molar-refractivity contribution in [3.63, 3.8) is 0 Å². The number of hydrogen-bond acceptors (Lipinski definition) is 4. The molecule has 0 atom stereocenters. The zero-order valence-corrected chi connectivity index (χ0v) is 13.3. The summed E-state index contributed by atoms with van der Waals surface area (Å²) in [5, 5.41) is 10.1. The first-order valence-corrected chi connectivity index (χ1v) is 7.93. The Labute approximate surface area is 138 Å².